The molecule has 0 aliphatic rings. The first-order valence-electron chi connectivity index (χ1n) is 9.08. The van der Waals surface area contributed by atoms with E-state index < -0.39 is 25.8 Å². The van der Waals surface area contributed by atoms with Crippen molar-refractivity contribution in [3.8, 4) is 5.75 Å². The van der Waals surface area contributed by atoms with Crippen LogP contribution in [-0.4, -0.2) is 36.1 Å². The van der Waals surface area contributed by atoms with Gasteiger partial charge in [-0.1, -0.05) is 29.8 Å². The first-order chi connectivity index (χ1) is 15.0. The molecular formula is C21H19ClN2O6S2. The molecule has 0 atom stereocenters. The summed E-state index contributed by atoms with van der Waals surface area (Å²) in [5.74, 6) is -0.551. The number of benzene rings is 3. The molecule has 32 heavy (non-hydrogen) atoms. The molecule has 168 valence electrons. The van der Waals surface area contributed by atoms with Crippen LogP contribution in [0.25, 0.3) is 0 Å². The maximum absolute atomic E-state index is 13.0. The lowest BCUT2D eigenvalue weighted by Gasteiger charge is -2.14. The molecule has 3 aromatic rings. The lowest BCUT2D eigenvalue weighted by molar-refractivity contribution is 0.102. The van der Waals surface area contributed by atoms with Crippen molar-refractivity contribution in [1.82, 2.24) is 0 Å². The first kappa shape index (κ1) is 23.6. The van der Waals surface area contributed by atoms with Crippen LogP contribution < -0.4 is 14.8 Å². The van der Waals surface area contributed by atoms with Crippen molar-refractivity contribution in [1.29, 1.82) is 0 Å². The van der Waals surface area contributed by atoms with Crippen LogP contribution in [-0.2, 0) is 19.9 Å². The van der Waals surface area contributed by atoms with Crippen LogP contribution in [0.3, 0.4) is 0 Å². The number of hydrogen-bond donors (Lipinski definition) is 2. The van der Waals surface area contributed by atoms with E-state index in [9.17, 15) is 21.6 Å². The van der Waals surface area contributed by atoms with Crippen LogP contribution in [0.5, 0.6) is 5.75 Å². The van der Waals surface area contributed by atoms with E-state index in [1.54, 1.807) is 12.1 Å². The second-order valence-corrected chi connectivity index (χ2v) is 10.8. The number of amides is 1. The molecule has 0 aromatic heterocycles. The number of hydrogen-bond acceptors (Lipinski definition) is 6. The Balaban J connectivity index is 1.93. The van der Waals surface area contributed by atoms with E-state index in [4.69, 9.17) is 16.3 Å². The van der Waals surface area contributed by atoms with Crippen molar-refractivity contribution in [3.05, 3.63) is 77.3 Å². The molecule has 1 amide bonds. The number of halogens is 1. The average molecular weight is 495 g/mol. The second kappa shape index (κ2) is 9.19. The number of methoxy groups -OCH3 is 1. The summed E-state index contributed by atoms with van der Waals surface area (Å²) in [5, 5.41) is 2.78. The smallest absolute Gasteiger partial charge is 0.265 e. The van der Waals surface area contributed by atoms with Gasteiger partial charge in [-0.25, -0.2) is 16.8 Å². The number of nitrogens with one attached hydrogen (secondary N) is 2. The summed E-state index contributed by atoms with van der Waals surface area (Å²) in [7, 11) is -6.29. The molecule has 0 aliphatic heterocycles. The highest BCUT2D eigenvalue weighted by atomic mass is 35.5. The molecule has 0 heterocycles. The predicted octanol–water partition coefficient (Wildman–Crippen LogP) is 3.81. The highest BCUT2D eigenvalue weighted by molar-refractivity contribution is 7.92. The molecule has 0 fully saturated rings. The highest BCUT2D eigenvalue weighted by Gasteiger charge is 2.22. The van der Waals surface area contributed by atoms with E-state index in [1.807, 2.05) is 0 Å². The molecule has 0 bridgehead atoms. The minimum Gasteiger partial charge on any atom is -0.495 e. The standard InChI is InChI=1S/C21H19ClN2O6S2/c1-30-19-11-10-15(23-21(25)14-6-5-7-16(12-14)31(2,26)27)13-20(19)32(28,29)24-18-9-4-3-8-17(18)22/h3-13,24H,1-2H3,(H,23,25). The van der Waals surface area contributed by atoms with E-state index >= 15 is 0 Å². The Labute approximate surface area is 191 Å². The molecule has 0 radical (unpaired) electrons. The predicted molar refractivity (Wildman–Crippen MR) is 123 cm³/mol. The molecule has 0 saturated heterocycles. The Hall–Kier alpha value is -3.08. The maximum Gasteiger partial charge on any atom is 0.265 e. The van der Waals surface area contributed by atoms with Crippen LogP contribution in [0.15, 0.2) is 76.5 Å². The van der Waals surface area contributed by atoms with Crippen molar-refractivity contribution in [2.24, 2.45) is 0 Å². The number of sulfone groups is 1. The van der Waals surface area contributed by atoms with Crippen molar-refractivity contribution in [2.45, 2.75) is 9.79 Å². The summed E-state index contributed by atoms with van der Waals surface area (Å²) < 4.78 is 57.0. The molecule has 0 unspecified atom stereocenters. The number of para-hydroxylation sites is 1. The summed E-state index contributed by atoms with van der Waals surface area (Å²) in [4.78, 5) is 12.4. The summed E-state index contributed by atoms with van der Waals surface area (Å²) in [6.07, 6.45) is 1.04. The number of carbonyl (C=O) groups is 1. The number of anilines is 2. The topological polar surface area (TPSA) is 119 Å². The van der Waals surface area contributed by atoms with Crippen LogP contribution >= 0.6 is 11.6 Å². The molecule has 11 heteroatoms. The van der Waals surface area contributed by atoms with Crippen molar-refractivity contribution in [3.63, 3.8) is 0 Å². The highest BCUT2D eigenvalue weighted by Crippen LogP contribution is 2.31. The fourth-order valence-corrected chi connectivity index (χ4v) is 4.96. The number of sulfonamides is 1. The van der Waals surface area contributed by atoms with Crippen LogP contribution in [0, 0.1) is 0 Å². The minimum absolute atomic E-state index is 0.00733. The number of ether oxygens (including phenoxy) is 1. The van der Waals surface area contributed by atoms with Crippen molar-refractivity contribution in [2.75, 3.05) is 23.4 Å². The molecule has 0 saturated carbocycles. The van der Waals surface area contributed by atoms with Gasteiger partial charge in [0.1, 0.15) is 10.6 Å². The van der Waals surface area contributed by atoms with Gasteiger partial charge in [-0.2, -0.15) is 0 Å². The SMILES string of the molecule is COc1ccc(NC(=O)c2cccc(S(C)(=O)=O)c2)cc1S(=O)(=O)Nc1ccccc1Cl. The zero-order chi connectivity index (χ0) is 23.5. The van der Waals surface area contributed by atoms with Gasteiger partial charge in [0.2, 0.25) is 0 Å². The van der Waals surface area contributed by atoms with Gasteiger partial charge in [0.05, 0.1) is 22.7 Å². The van der Waals surface area contributed by atoms with E-state index in [0.29, 0.717) is 0 Å². The lowest BCUT2D eigenvalue weighted by atomic mass is 10.2. The molecule has 3 rings (SSSR count). The largest absolute Gasteiger partial charge is 0.495 e. The Morgan fingerprint density at radius 3 is 2.31 bits per heavy atom. The molecule has 0 spiro atoms. The van der Waals surface area contributed by atoms with Gasteiger partial charge in [-0.15, -0.1) is 0 Å². The van der Waals surface area contributed by atoms with Gasteiger partial charge >= 0.3 is 0 Å². The fraction of sp³-hybridized carbons (Fsp3) is 0.0952. The number of carbonyl (C=O) groups excluding carboxylic acids is 1. The van der Waals surface area contributed by atoms with Crippen molar-refractivity contribution >= 4 is 48.7 Å². The normalized spacial score (nSPS) is 11.6. The number of rotatable bonds is 7. The lowest BCUT2D eigenvalue weighted by Crippen LogP contribution is -2.16. The monoisotopic (exact) mass is 494 g/mol. The second-order valence-electron chi connectivity index (χ2n) is 6.71. The molecule has 8 nitrogen and oxygen atoms in total. The van der Waals surface area contributed by atoms with Gasteiger partial charge in [0.15, 0.2) is 9.84 Å². The minimum atomic E-state index is -4.12. The summed E-state index contributed by atoms with van der Waals surface area (Å²) in [5.41, 5.74) is 0.450. The Morgan fingerprint density at radius 1 is 0.938 bits per heavy atom. The van der Waals surface area contributed by atoms with Crippen molar-refractivity contribution < 1.29 is 26.4 Å². The Kier molecular flexibility index (Phi) is 6.77. The van der Waals surface area contributed by atoms with Crippen LogP contribution in [0.4, 0.5) is 11.4 Å². The summed E-state index contributed by atoms with van der Waals surface area (Å²) in [6, 6.07) is 15.9. The van der Waals surface area contributed by atoms with Gasteiger partial charge in [-0.3, -0.25) is 9.52 Å². The average Bonchev–Trinajstić information content (AvgIpc) is 2.74. The summed E-state index contributed by atoms with van der Waals surface area (Å²) in [6.45, 7) is 0. The fourth-order valence-electron chi connectivity index (χ4n) is 2.78. The van der Waals surface area contributed by atoms with Gasteiger partial charge in [0, 0.05) is 17.5 Å². The zero-order valence-corrected chi connectivity index (χ0v) is 19.4. The molecular weight excluding hydrogens is 476 g/mol. The van der Waals surface area contributed by atoms with Crippen LogP contribution in [0.2, 0.25) is 5.02 Å². The zero-order valence-electron chi connectivity index (χ0n) is 17.0. The van der Waals surface area contributed by atoms with Gasteiger partial charge in [-0.05, 0) is 48.5 Å². The van der Waals surface area contributed by atoms with E-state index in [1.165, 1.54) is 61.7 Å². The molecule has 0 aliphatic carbocycles. The quantitative estimate of drug-likeness (QED) is 0.515. The van der Waals surface area contributed by atoms with Gasteiger partial charge < -0.3 is 10.1 Å². The van der Waals surface area contributed by atoms with E-state index in [2.05, 4.69) is 10.0 Å². The van der Waals surface area contributed by atoms with E-state index in [-0.39, 0.29) is 37.5 Å². The maximum atomic E-state index is 13.0. The Morgan fingerprint density at radius 2 is 1.66 bits per heavy atom. The molecule has 2 N–H and O–H groups in total. The third kappa shape index (κ3) is 5.39. The van der Waals surface area contributed by atoms with Crippen LogP contribution in [0.1, 0.15) is 10.4 Å². The third-order valence-corrected chi connectivity index (χ3v) is 7.18. The first-order valence-corrected chi connectivity index (χ1v) is 12.8. The Bertz CT molecular complexity index is 1390. The summed E-state index contributed by atoms with van der Waals surface area (Å²) >= 11 is 6.05. The third-order valence-electron chi connectivity index (χ3n) is 4.35. The molecule has 3 aromatic carbocycles. The van der Waals surface area contributed by atoms with E-state index in [0.717, 1.165) is 6.26 Å². The van der Waals surface area contributed by atoms with Gasteiger partial charge in [0.25, 0.3) is 15.9 Å².